The molecule has 5 nitrogen and oxygen atoms in total. The summed E-state index contributed by atoms with van der Waals surface area (Å²) in [7, 11) is 0. The van der Waals surface area contributed by atoms with Crippen LogP contribution in [-0.4, -0.2) is 34.8 Å². The minimum atomic E-state index is -0.492. The quantitative estimate of drug-likeness (QED) is 0.801. The van der Waals surface area contributed by atoms with Gasteiger partial charge in [0.05, 0.1) is 0 Å². The van der Waals surface area contributed by atoms with Crippen molar-refractivity contribution < 1.29 is 9.59 Å². The molecule has 0 aliphatic rings. The van der Waals surface area contributed by atoms with Crippen LogP contribution in [0.4, 0.5) is 5.13 Å². The molecule has 2 amide bonds. The number of hydrogen-bond donors (Lipinski definition) is 2. The molecular formula is C11H17N3O2S2. The number of rotatable bonds is 7. The highest BCUT2D eigenvalue weighted by Gasteiger charge is 2.20. The molecule has 0 saturated carbocycles. The van der Waals surface area contributed by atoms with Crippen LogP contribution < -0.4 is 10.6 Å². The predicted octanol–water partition coefficient (Wildman–Crippen LogP) is 1.73. The monoisotopic (exact) mass is 287 g/mol. The lowest BCUT2D eigenvalue weighted by Crippen LogP contribution is -2.43. The normalized spacial score (nSPS) is 11.9. The van der Waals surface area contributed by atoms with E-state index in [4.69, 9.17) is 0 Å². The molecule has 100 valence electrons. The minimum Gasteiger partial charge on any atom is -0.344 e. The van der Waals surface area contributed by atoms with Crippen molar-refractivity contribution in [3.8, 4) is 0 Å². The number of nitrogens with zero attached hydrogens (tertiary/aromatic N) is 1. The number of nitrogens with one attached hydrogen (secondary N) is 2. The lowest BCUT2D eigenvalue weighted by Gasteiger charge is -2.16. The van der Waals surface area contributed by atoms with Crippen molar-refractivity contribution in [3.63, 3.8) is 0 Å². The fourth-order valence-electron chi connectivity index (χ4n) is 1.28. The highest BCUT2D eigenvalue weighted by Crippen LogP contribution is 2.11. The van der Waals surface area contributed by atoms with Gasteiger partial charge in [-0.2, -0.15) is 11.8 Å². The standard InChI is InChI=1S/C11H17N3O2S2/c1-3-9(15)13-8(4-6-17-2)10(16)14-11-12-5-7-18-11/h5,7-8H,3-4,6H2,1-2H3,(H,13,15)(H,12,14,16). The van der Waals surface area contributed by atoms with Gasteiger partial charge in [-0.15, -0.1) is 11.3 Å². The van der Waals surface area contributed by atoms with Gasteiger partial charge in [0.2, 0.25) is 11.8 Å². The molecule has 0 aliphatic heterocycles. The number of thioether (sulfide) groups is 1. The van der Waals surface area contributed by atoms with Crippen molar-refractivity contribution in [2.45, 2.75) is 25.8 Å². The zero-order valence-electron chi connectivity index (χ0n) is 10.4. The van der Waals surface area contributed by atoms with E-state index in [1.54, 1.807) is 30.3 Å². The molecule has 0 fully saturated rings. The van der Waals surface area contributed by atoms with Crippen molar-refractivity contribution in [2.75, 3.05) is 17.3 Å². The van der Waals surface area contributed by atoms with Crippen LogP contribution in [0.15, 0.2) is 11.6 Å². The average molecular weight is 287 g/mol. The largest absolute Gasteiger partial charge is 0.344 e. The van der Waals surface area contributed by atoms with E-state index in [-0.39, 0.29) is 11.8 Å². The number of carbonyl (C=O) groups excluding carboxylic acids is 2. The van der Waals surface area contributed by atoms with Gasteiger partial charge in [0, 0.05) is 18.0 Å². The van der Waals surface area contributed by atoms with Gasteiger partial charge < -0.3 is 10.6 Å². The second-order valence-corrected chi connectivity index (χ2v) is 5.46. The molecule has 1 atom stereocenters. The van der Waals surface area contributed by atoms with Crippen LogP contribution in [0, 0.1) is 0 Å². The van der Waals surface area contributed by atoms with E-state index in [2.05, 4.69) is 15.6 Å². The number of anilines is 1. The molecule has 0 aromatic carbocycles. The van der Waals surface area contributed by atoms with Gasteiger partial charge in [-0.05, 0) is 18.4 Å². The smallest absolute Gasteiger partial charge is 0.248 e. The summed E-state index contributed by atoms with van der Waals surface area (Å²) in [5, 5.41) is 7.78. The Morgan fingerprint density at radius 3 is 2.89 bits per heavy atom. The Bertz CT molecular complexity index is 382. The molecule has 0 bridgehead atoms. The van der Waals surface area contributed by atoms with E-state index in [1.165, 1.54) is 11.3 Å². The summed E-state index contributed by atoms with van der Waals surface area (Å²) in [4.78, 5) is 27.4. The molecule has 0 aliphatic carbocycles. The SMILES string of the molecule is CCC(=O)NC(CCSC)C(=O)Nc1nccs1. The summed E-state index contributed by atoms with van der Waals surface area (Å²) in [6.45, 7) is 1.76. The molecule has 0 radical (unpaired) electrons. The lowest BCUT2D eigenvalue weighted by atomic mass is 10.2. The number of carbonyl (C=O) groups is 2. The van der Waals surface area contributed by atoms with Gasteiger partial charge in [-0.3, -0.25) is 9.59 Å². The third-order valence-corrected chi connectivity index (χ3v) is 3.58. The predicted molar refractivity (Wildman–Crippen MR) is 76.0 cm³/mol. The average Bonchev–Trinajstić information content (AvgIpc) is 2.86. The molecule has 1 heterocycles. The van der Waals surface area contributed by atoms with Gasteiger partial charge >= 0.3 is 0 Å². The Hall–Kier alpha value is -1.08. The topological polar surface area (TPSA) is 71.1 Å². The lowest BCUT2D eigenvalue weighted by molar-refractivity contribution is -0.126. The fraction of sp³-hybridized carbons (Fsp3) is 0.545. The number of amides is 2. The van der Waals surface area contributed by atoms with Crippen LogP contribution in [0.2, 0.25) is 0 Å². The van der Waals surface area contributed by atoms with Crippen LogP contribution in [0.1, 0.15) is 19.8 Å². The Balaban J connectivity index is 2.57. The third kappa shape index (κ3) is 5.05. The van der Waals surface area contributed by atoms with E-state index in [0.717, 1.165) is 5.75 Å². The Labute approximate surface area is 115 Å². The summed E-state index contributed by atoms with van der Waals surface area (Å²) in [5.41, 5.74) is 0. The number of aromatic nitrogens is 1. The van der Waals surface area contributed by atoms with Crippen LogP contribution in [0.3, 0.4) is 0 Å². The minimum absolute atomic E-state index is 0.115. The highest BCUT2D eigenvalue weighted by atomic mass is 32.2. The molecule has 0 saturated heterocycles. The number of thiazole rings is 1. The van der Waals surface area contributed by atoms with E-state index in [1.807, 2.05) is 6.26 Å². The molecule has 2 N–H and O–H groups in total. The van der Waals surface area contributed by atoms with E-state index in [9.17, 15) is 9.59 Å². The van der Waals surface area contributed by atoms with Crippen molar-refractivity contribution in [1.82, 2.24) is 10.3 Å². The van der Waals surface area contributed by atoms with Gasteiger partial charge in [0.25, 0.3) is 0 Å². The van der Waals surface area contributed by atoms with Gasteiger partial charge in [0.1, 0.15) is 6.04 Å². The summed E-state index contributed by atoms with van der Waals surface area (Å²) in [5.74, 6) is 0.496. The molecule has 1 aromatic rings. The molecule has 7 heteroatoms. The maximum absolute atomic E-state index is 12.0. The van der Waals surface area contributed by atoms with Crippen LogP contribution in [-0.2, 0) is 9.59 Å². The number of hydrogen-bond acceptors (Lipinski definition) is 5. The fourth-order valence-corrected chi connectivity index (χ4v) is 2.28. The first-order valence-electron chi connectivity index (χ1n) is 5.66. The van der Waals surface area contributed by atoms with E-state index < -0.39 is 6.04 Å². The van der Waals surface area contributed by atoms with Crippen LogP contribution in [0.5, 0.6) is 0 Å². The Morgan fingerprint density at radius 2 is 2.33 bits per heavy atom. The van der Waals surface area contributed by atoms with Crippen molar-refractivity contribution >= 4 is 40.0 Å². The first-order chi connectivity index (χ1) is 8.67. The Kier molecular flexibility index (Phi) is 6.74. The van der Waals surface area contributed by atoms with E-state index in [0.29, 0.717) is 18.0 Å². The molecule has 0 spiro atoms. The van der Waals surface area contributed by atoms with Crippen molar-refractivity contribution in [2.24, 2.45) is 0 Å². The summed E-state index contributed by atoms with van der Waals surface area (Å²) in [6, 6.07) is -0.492. The molecule has 18 heavy (non-hydrogen) atoms. The molecule has 1 aromatic heterocycles. The first-order valence-corrected chi connectivity index (χ1v) is 7.93. The maximum Gasteiger partial charge on any atom is 0.248 e. The van der Waals surface area contributed by atoms with E-state index >= 15 is 0 Å². The molecule has 1 rings (SSSR count). The first kappa shape index (κ1) is 15.0. The van der Waals surface area contributed by atoms with Crippen molar-refractivity contribution in [1.29, 1.82) is 0 Å². The van der Waals surface area contributed by atoms with Gasteiger partial charge in [0.15, 0.2) is 5.13 Å². The summed E-state index contributed by atoms with van der Waals surface area (Å²) < 4.78 is 0. The van der Waals surface area contributed by atoms with Gasteiger partial charge in [-0.25, -0.2) is 4.98 Å². The zero-order valence-corrected chi connectivity index (χ0v) is 12.1. The highest BCUT2D eigenvalue weighted by molar-refractivity contribution is 7.98. The molecular weight excluding hydrogens is 270 g/mol. The zero-order chi connectivity index (χ0) is 13.4. The summed E-state index contributed by atoms with van der Waals surface area (Å²) in [6.07, 6.45) is 4.59. The van der Waals surface area contributed by atoms with Crippen LogP contribution in [0.25, 0.3) is 0 Å². The Morgan fingerprint density at radius 1 is 1.56 bits per heavy atom. The second-order valence-electron chi connectivity index (χ2n) is 3.58. The summed E-state index contributed by atoms with van der Waals surface area (Å²) >= 11 is 3.00. The third-order valence-electron chi connectivity index (χ3n) is 2.25. The van der Waals surface area contributed by atoms with Gasteiger partial charge in [-0.1, -0.05) is 6.92 Å². The molecule has 1 unspecified atom stereocenters. The second kappa shape index (κ2) is 8.10. The van der Waals surface area contributed by atoms with Crippen molar-refractivity contribution in [3.05, 3.63) is 11.6 Å². The maximum atomic E-state index is 12.0. The van der Waals surface area contributed by atoms with Crippen LogP contribution >= 0.6 is 23.1 Å².